The zero-order valence-corrected chi connectivity index (χ0v) is 18.4. The molecule has 166 valence electrons. The van der Waals surface area contributed by atoms with Crippen molar-refractivity contribution in [1.82, 2.24) is 19.5 Å². The molecule has 4 nitrogen and oxygen atoms in total. The van der Waals surface area contributed by atoms with E-state index >= 15 is 0 Å². The number of halogens is 3. The normalized spacial score (nSPS) is 12.5. The molecule has 5 rings (SSSR count). The molecule has 3 aromatic carbocycles. The van der Waals surface area contributed by atoms with Crippen molar-refractivity contribution >= 4 is 22.3 Å². The SMILES string of the molecule is CC(C)(C)c1ccc(-c2nc3nc4ccccc4nc3n2-c2cccc(C(F)(F)F)c2)cc1. The first-order chi connectivity index (χ1) is 15.6. The van der Waals surface area contributed by atoms with E-state index in [-0.39, 0.29) is 5.41 Å². The molecular weight excluding hydrogens is 425 g/mol. The van der Waals surface area contributed by atoms with Crippen LogP contribution in [0.1, 0.15) is 31.9 Å². The summed E-state index contributed by atoms with van der Waals surface area (Å²) >= 11 is 0. The first-order valence-corrected chi connectivity index (χ1v) is 10.5. The van der Waals surface area contributed by atoms with Crippen LogP contribution in [0.5, 0.6) is 0 Å². The fourth-order valence-electron chi connectivity index (χ4n) is 3.84. The second-order valence-corrected chi connectivity index (χ2v) is 9.01. The summed E-state index contributed by atoms with van der Waals surface area (Å²) in [5.74, 6) is 0.486. The van der Waals surface area contributed by atoms with Crippen molar-refractivity contribution in [3.63, 3.8) is 0 Å². The number of benzene rings is 3. The van der Waals surface area contributed by atoms with E-state index < -0.39 is 11.7 Å². The molecule has 2 aromatic heterocycles. The largest absolute Gasteiger partial charge is 0.416 e. The average molecular weight is 446 g/mol. The van der Waals surface area contributed by atoms with E-state index in [1.165, 1.54) is 6.07 Å². The topological polar surface area (TPSA) is 43.6 Å². The van der Waals surface area contributed by atoms with E-state index in [1.807, 2.05) is 48.5 Å². The third-order valence-corrected chi connectivity index (χ3v) is 5.61. The van der Waals surface area contributed by atoms with E-state index in [0.717, 1.165) is 23.3 Å². The molecule has 0 bridgehead atoms. The number of aromatic nitrogens is 4. The fourth-order valence-corrected chi connectivity index (χ4v) is 3.84. The number of hydrogen-bond donors (Lipinski definition) is 0. The van der Waals surface area contributed by atoms with Crippen molar-refractivity contribution < 1.29 is 13.2 Å². The molecule has 0 aliphatic rings. The van der Waals surface area contributed by atoms with Gasteiger partial charge in [0.2, 0.25) is 0 Å². The molecular formula is C26H21F3N4. The molecule has 0 unspecified atom stereocenters. The molecule has 0 aliphatic carbocycles. The van der Waals surface area contributed by atoms with Gasteiger partial charge in [0, 0.05) is 11.3 Å². The Hall–Kier alpha value is -3.74. The number of para-hydroxylation sites is 2. The molecule has 0 radical (unpaired) electrons. The van der Waals surface area contributed by atoms with Crippen LogP contribution in [0, 0.1) is 0 Å². The van der Waals surface area contributed by atoms with Gasteiger partial charge >= 0.3 is 6.18 Å². The Morgan fingerprint density at radius 1 is 0.697 bits per heavy atom. The van der Waals surface area contributed by atoms with Gasteiger partial charge in [-0.05, 0) is 41.3 Å². The smallest absolute Gasteiger partial charge is 0.275 e. The van der Waals surface area contributed by atoms with Crippen LogP contribution in [0.2, 0.25) is 0 Å². The molecule has 0 amide bonds. The number of rotatable bonds is 2. The van der Waals surface area contributed by atoms with Crippen LogP contribution in [0.25, 0.3) is 39.4 Å². The first kappa shape index (κ1) is 21.1. The van der Waals surface area contributed by atoms with Crippen molar-refractivity contribution in [2.45, 2.75) is 32.4 Å². The second-order valence-electron chi connectivity index (χ2n) is 9.01. The van der Waals surface area contributed by atoms with Crippen LogP contribution in [0.3, 0.4) is 0 Å². The Kier molecular flexibility index (Phi) is 4.74. The minimum absolute atomic E-state index is 0.0272. The van der Waals surface area contributed by atoms with Gasteiger partial charge in [-0.15, -0.1) is 0 Å². The third kappa shape index (κ3) is 3.84. The van der Waals surface area contributed by atoms with Crippen LogP contribution in [0.4, 0.5) is 13.2 Å². The van der Waals surface area contributed by atoms with E-state index in [0.29, 0.717) is 33.8 Å². The van der Waals surface area contributed by atoms with Crippen molar-refractivity contribution in [3.05, 3.63) is 83.9 Å². The minimum Gasteiger partial charge on any atom is -0.275 e. The molecule has 0 saturated carbocycles. The average Bonchev–Trinajstić information content (AvgIpc) is 3.15. The summed E-state index contributed by atoms with van der Waals surface area (Å²) in [6, 6.07) is 20.5. The minimum atomic E-state index is -4.46. The standard InChI is InChI=1S/C26H21F3N4/c1-25(2,3)17-13-11-16(12-14-17)23-32-22-24(31-21-10-5-4-9-20(21)30-22)33(23)19-8-6-7-18(15-19)26(27,28)29/h4-15H,1-3H3. The molecule has 33 heavy (non-hydrogen) atoms. The third-order valence-electron chi connectivity index (χ3n) is 5.61. The van der Waals surface area contributed by atoms with E-state index in [9.17, 15) is 13.2 Å². The molecule has 0 aliphatic heterocycles. The summed E-state index contributed by atoms with van der Waals surface area (Å²) in [6.07, 6.45) is -4.46. The van der Waals surface area contributed by atoms with E-state index in [2.05, 4.69) is 25.8 Å². The number of fused-ring (bicyclic) bond motifs is 2. The van der Waals surface area contributed by atoms with Gasteiger partial charge in [-0.3, -0.25) is 4.57 Å². The fraction of sp³-hybridized carbons (Fsp3) is 0.192. The maximum atomic E-state index is 13.5. The Labute approximate surface area is 188 Å². The van der Waals surface area contributed by atoms with Crippen molar-refractivity contribution in [2.24, 2.45) is 0 Å². The number of nitrogens with zero attached hydrogens (tertiary/aromatic N) is 4. The highest BCUT2D eigenvalue weighted by Crippen LogP contribution is 2.34. The van der Waals surface area contributed by atoms with Crippen molar-refractivity contribution in [3.8, 4) is 17.1 Å². The van der Waals surface area contributed by atoms with Gasteiger partial charge in [-0.25, -0.2) is 15.0 Å². The lowest BCUT2D eigenvalue weighted by molar-refractivity contribution is -0.137. The Bertz CT molecular complexity index is 1480. The summed E-state index contributed by atoms with van der Waals surface area (Å²) in [4.78, 5) is 14.0. The monoisotopic (exact) mass is 446 g/mol. The predicted molar refractivity (Wildman–Crippen MR) is 123 cm³/mol. The first-order valence-electron chi connectivity index (χ1n) is 10.5. The van der Waals surface area contributed by atoms with Crippen LogP contribution >= 0.6 is 0 Å². The highest BCUT2D eigenvalue weighted by atomic mass is 19.4. The van der Waals surface area contributed by atoms with E-state index in [4.69, 9.17) is 9.97 Å². The molecule has 5 aromatic rings. The maximum Gasteiger partial charge on any atom is 0.416 e. The summed E-state index contributed by atoms with van der Waals surface area (Å²) in [6.45, 7) is 6.37. The van der Waals surface area contributed by atoms with Gasteiger partial charge < -0.3 is 0 Å². The molecule has 0 saturated heterocycles. The molecule has 0 fully saturated rings. The lowest BCUT2D eigenvalue weighted by Crippen LogP contribution is -2.10. The number of imidazole rings is 1. The molecule has 0 atom stereocenters. The Morgan fingerprint density at radius 3 is 2.00 bits per heavy atom. The lowest BCUT2D eigenvalue weighted by atomic mass is 9.87. The maximum absolute atomic E-state index is 13.5. The van der Waals surface area contributed by atoms with Gasteiger partial charge in [0.1, 0.15) is 5.82 Å². The Balaban J connectivity index is 1.79. The van der Waals surface area contributed by atoms with Crippen LogP contribution in [-0.2, 0) is 11.6 Å². The number of hydrogen-bond acceptors (Lipinski definition) is 3. The van der Waals surface area contributed by atoms with Crippen molar-refractivity contribution in [2.75, 3.05) is 0 Å². The molecule has 0 spiro atoms. The van der Waals surface area contributed by atoms with Gasteiger partial charge in [0.15, 0.2) is 11.3 Å². The zero-order valence-electron chi connectivity index (χ0n) is 18.4. The second kappa shape index (κ2) is 7.40. The summed E-state index contributed by atoms with van der Waals surface area (Å²) in [5, 5.41) is 0. The highest BCUT2D eigenvalue weighted by Gasteiger charge is 2.31. The summed E-state index contributed by atoms with van der Waals surface area (Å²) < 4.78 is 42.0. The molecule has 7 heteroatoms. The summed E-state index contributed by atoms with van der Waals surface area (Å²) in [7, 11) is 0. The van der Waals surface area contributed by atoms with Gasteiger partial charge in [0.25, 0.3) is 0 Å². The number of alkyl halides is 3. The molecule has 2 heterocycles. The lowest BCUT2D eigenvalue weighted by Gasteiger charge is -2.19. The highest BCUT2D eigenvalue weighted by molar-refractivity contribution is 5.86. The molecule has 0 N–H and O–H groups in total. The van der Waals surface area contributed by atoms with Gasteiger partial charge in [-0.2, -0.15) is 13.2 Å². The Morgan fingerprint density at radius 2 is 1.36 bits per heavy atom. The van der Waals surface area contributed by atoms with Crippen LogP contribution in [-0.4, -0.2) is 19.5 Å². The van der Waals surface area contributed by atoms with Crippen LogP contribution in [0.15, 0.2) is 72.8 Å². The van der Waals surface area contributed by atoms with E-state index in [1.54, 1.807) is 10.6 Å². The quantitative estimate of drug-likeness (QED) is 0.295. The summed E-state index contributed by atoms with van der Waals surface area (Å²) in [5.41, 5.74) is 3.58. The van der Waals surface area contributed by atoms with Crippen molar-refractivity contribution in [1.29, 1.82) is 0 Å². The predicted octanol–water partition coefficient (Wildman–Crippen LogP) is 6.95. The van der Waals surface area contributed by atoms with Crippen LogP contribution < -0.4 is 0 Å². The van der Waals surface area contributed by atoms with Gasteiger partial charge in [0.05, 0.1) is 16.6 Å². The zero-order chi connectivity index (χ0) is 23.4. The van der Waals surface area contributed by atoms with Gasteiger partial charge in [-0.1, -0.05) is 63.2 Å².